The zero-order valence-corrected chi connectivity index (χ0v) is 13.3. The van der Waals surface area contributed by atoms with Crippen LogP contribution in [0.1, 0.15) is 25.1 Å². The van der Waals surface area contributed by atoms with Crippen molar-refractivity contribution in [2.75, 3.05) is 38.3 Å². The van der Waals surface area contributed by atoms with E-state index < -0.39 is 0 Å². The van der Waals surface area contributed by atoms with E-state index >= 15 is 0 Å². The first-order chi connectivity index (χ1) is 9.51. The smallest absolute Gasteiger partial charge is 0.131 e. The summed E-state index contributed by atoms with van der Waals surface area (Å²) in [5, 5.41) is 17.2. The van der Waals surface area contributed by atoms with Crippen molar-refractivity contribution in [3.05, 3.63) is 11.3 Å². The second-order valence-corrected chi connectivity index (χ2v) is 5.25. The van der Waals surface area contributed by atoms with Crippen LogP contribution in [0.2, 0.25) is 0 Å². The molecule has 1 heterocycles. The number of methoxy groups -OCH3 is 1. The van der Waals surface area contributed by atoms with Gasteiger partial charge in [-0.2, -0.15) is 5.10 Å². The summed E-state index contributed by atoms with van der Waals surface area (Å²) in [7, 11) is 3.63. The molecule has 1 aromatic rings. The lowest BCUT2D eigenvalue weighted by Crippen LogP contribution is -2.33. The number of aryl methyl sites for hydroxylation is 2. The molecular weight excluding hydrogens is 256 g/mol. The minimum absolute atomic E-state index is 0.116. The fraction of sp³-hybridized carbons (Fsp3) is 0.786. The van der Waals surface area contributed by atoms with Crippen LogP contribution in [-0.4, -0.2) is 54.3 Å². The fourth-order valence-electron chi connectivity index (χ4n) is 2.24. The molecule has 0 bridgehead atoms. The molecule has 116 valence electrons. The van der Waals surface area contributed by atoms with Gasteiger partial charge in [0.05, 0.1) is 18.9 Å². The summed E-state index contributed by atoms with van der Waals surface area (Å²) >= 11 is 0. The first-order valence-electron chi connectivity index (χ1n) is 7.11. The SMILES string of the molecule is COCCN(CCO)c1c(CNC(C)C)c(C)nn1C. The molecule has 6 heteroatoms. The van der Waals surface area contributed by atoms with Crippen LogP contribution in [0.15, 0.2) is 0 Å². The Bertz CT molecular complexity index is 404. The van der Waals surface area contributed by atoms with Gasteiger partial charge in [0.25, 0.3) is 0 Å². The van der Waals surface area contributed by atoms with Crippen molar-refractivity contribution in [2.24, 2.45) is 7.05 Å². The van der Waals surface area contributed by atoms with E-state index in [1.165, 1.54) is 5.56 Å². The average molecular weight is 284 g/mol. The average Bonchev–Trinajstić information content (AvgIpc) is 2.66. The maximum absolute atomic E-state index is 9.28. The molecule has 0 aliphatic carbocycles. The summed E-state index contributed by atoms with van der Waals surface area (Å²) in [6.07, 6.45) is 0. The molecule has 2 N–H and O–H groups in total. The molecule has 6 nitrogen and oxygen atoms in total. The van der Waals surface area contributed by atoms with E-state index in [0.717, 1.165) is 24.6 Å². The quantitative estimate of drug-likeness (QED) is 0.698. The van der Waals surface area contributed by atoms with Gasteiger partial charge in [0, 0.05) is 45.4 Å². The Balaban J connectivity index is 2.98. The van der Waals surface area contributed by atoms with Gasteiger partial charge in [-0.25, -0.2) is 0 Å². The zero-order chi connectivity index (χ0) is 15.1. The Morgan fingerprint density at radius 1 is 1.40 bits per heavy atom. The van der Waals surface area contributed by atoms with Crippen molar-refractivity contribution in [1.82, 2.24) is 15.1 Å². The van der Waals surface area contributed by atoms with Gasteiger partial charge in [-0.15, -0.1) is 0 Å². The van der Waals surface area contributed by atoms with Gasteiger partial charge < -0.3 is 20.1 Å². The normalized spacial score (nSPS) is 11.3. The van der Waals surface area contributed by atoms with Crippen LogP contribution in [0.5, 0.6) is 0 Å². The zero-order valence-electron chi connectivity index (χ0n) is 13.3. The van der Waals surface area contributed by atoms with Gasteiger partial charge in [0.15, 0.2) is 0 Å². The van der Waals surface area contributed by atoms with Gasteiger partial charge in [0.2, 0.25) is 0 Å². The highest BCUT2D eigenvalue weighted by molar-refractivity contribution is 5.50. The van der Waals surface area contributed by atoms with Gasteiger partial charge in [-0.1, -0.05) is 13.8 Å². The summed E-state index contributed by atoms with van der Waals surface area (Å²) in [6, 6.07) is 0.424. The molecule has 0 saturated heterocycles. The lowest BCUT2D eigenvalue weighted by atomic mass is 10.2. The molecule has 1 rings (SSSR count). The Morgan fingerprint density at radius 2 is 2.10 bits per heavy atom. The minimum Gasteiger partial charge on any atom is -0.395 e. The number of nitrogens with zero attached hydrogens (tertiary/aromatic N) is 3. The van der Waals surface area contributed by atoms with E-state index in [2.05, 4.69) is 29.2 Å². The summed E-state index contributed by atoms with van der Waals surface area (Å²) in [5.41, 5.74) is 2.21. The highest BCUT2D eigenvalue weighted by atomic mass is 16.5. The van der Waals surface area contributed by atoms with Crippen LogP contribution >= 0.6 is 0 Å². The number of ether oxygens (including phenoxy) is 1. The number of aliphatic hydroxyl groups is 1. The molecule has 0 fully saturated rings. The Kier molecular flexibility index (Phi) is 6.98. The van der Waals surface area contributed by atoms with Crippen LogP contribution in [0.4, 0.5) is 5.82 Å². The van der Waals surface area contributed by atoms with E-state index in [4.69, 9.17) is 4.74 Å². The van der Waals surface area contributed by atoms with Crippen molar-refractivity contribution in [3.63, 3.8) is 0 Å². The third-order valence-electron chi connectivity index (χ3n) is 3.24. The maximum atomic E-state index is 9.28. The molecule has 0 spiro atoms. The van der Waals surface area contributed by atoms with Gasteiger partial charge >= 0.3 is 0 Å². The number of nitrogens with one attached hydrogen (secondary N) is 1. The van der Waals surface area contributed by atoms with Gasteiger partial charge in [0.1, 0.15) is 5.82 Å². The molecule has 0 atom stereocenters. The summed E-state index contributed by atoms with van der Waals surface area (Å²) < 4.78 is 7.04. The highest BCUT2D eigenvalue weighted by Crippen LogP contribution is 2.23. The Morgan fingerprint density at radius 3 is 2.65 bits per heavy atom. The Labute approximate surface area is 121 Å². The second kappa shape index (κ2) is 8.24. The lowest BCUT2D eigenvalue weighted by Gasteiger charge is -2.25. The Hall–Kier alpha value is -1.11. The highest BCUT2D eigenvalue weighted by Gasteiger charge is 2.19. The molecule has 20 heavy (non-hydrogen) atoms. The van der Waals surface area contributed by atoms with Crippen molar-refractivity contribution in [1.29, 1.82) is 0 Å². The van der Waals surface area contributed by atoms with Crippen molar-refractivity contribution >= 4 is 5.82 Å². The predicted octanol–water partition coefficient (Wildman–Crippen LogP) is 0.672. The molecule has 0 aliphatic rings. The lowest BCUT2D eigenvalue weighted by molar-refractivity contribution is 0.202. The number of aromatic nitrogens is 2. The first kappa shape index (κ1) is 16.9. The number of aliphatic hydroxyl groups excluding tert-OH is 1. The van der Waals surface area contributed by atoms with Crippen LogP contribution in [0.25, 0.3) is 0 Å². The maximum Gasteiger partial charge on any atom is 0.131 e. The van der Waals surface area contributed by atoms with E-state index in [1.807, 2.05) is 18.7 Å². The number of hydrogen-bond acceptors (Lipinski definition) is 5. The number of rotatable bonds is 9. The van der Waals surface area contributed by atoms with Crippen LogP contribution in [-0.2, 0) is 18.3 Å². The van der Waals surface area contributed by atoms with E-state index in [1.54, 1.807) is 7.11 Å². The topological polar surface area (TPSA) is 62.6 Å². The molecule has 0 unspecified atom stereocenters. The first-order valence-corrected chi connectivity index (χ1v) is 7.11. The molecule has 0 radical (unpaired) electrons. The number of anilines is 1. The van der Waals surface area contributed by atoms with Crippen molar-refractivity contribution in [2.45, 2.75) is 33.4 Å². The molecule has 0 aliphatic heterocycles. The molecule has 0 aromatic carbocycles. The summed E-state index contributed by atoms with van der Waals surface area (Å²) in [4.78, 5) is 2.13. The van der Waals surface area contributed by atoms with Crippen LogP contribution in [0, 0.1) is 6.92 Å². The number of hydrogen-bond donors (Lipinski definition) is 2. The van der Waals surface area contributed by atoms with E-state index in [0.29, 0.717) is 19.2 Å². The predicted molar refractivity (Wildman–Crippen MR) is 81.1 cm³/mol. The second-order valence-electron chi connectivity index (χ2n) is 5.25. The van der Waals surface area contributed by atoms with Gasteiger partial charge in [-0.05, 0) is 6.92 Å². The molecule has 0 saturated carbocycles. The van der Waals surface area contributed by atoms with E-state index in [9.17, 15) is 5.11 Å². The summed E-state index contributed by atoms with van der Waals surface area (Å²) in [6.45, 7) is 9.12. The monoisotopic (exact) mass is 284 g/mol. The van der Waals surface area contributed by atoms with Crippen LogP contribution < -0.4 is 10.2 Å². The largest absolute Gasteiger partial charge is 0.395 e. The molecule has 0 amide bonds. The van der Waals surface area contributed by atoms with Crippen molar-refractivity contribution < 1.29 is 9.84 Å². The van der Waals surface area contributed by atoms with E-state index in [-0.39, 0.29) is 6.61 Å². The molecular formula is C14H28N4O2. The summed E-state index contributed by atoms with van der Waals surface area (Å²) in [5.74, 6) is 1.06. The molecule has 1 aromatic heterocycles. The standard InChI is InChI=1S/C14H28N4O2/c1-11(2)15-10-13-12(3)16-17(4)14(13)18(6-8-19)7-9-20-5/h11,15,19H,6-10H2,1-5H3. The third kappa shape index (κ3) is 4.47. The van der Waals surface area contributed by atoms with Crippen LogP contribution in [0.3, 0.4) is 0 Å². The van der Waals surface area contributed by atoms with Gasteiger partial charge in [-0.3, -0.25) is 4.68 Å². The third-order valence-corrected chi connectivity index (χ3v) is 3.24. The fourth-order valence-corrected chi connectivity index (χ4v) is 2.24. The van der Waals surface area contributed by atoms with Crippen molar-refractivity contribution in [3.8, 4) is 0 Å². The minimum atomic E-state index is 0.116.